The lowest BCUT2D eigenvalue weighted by atomic mass is 10.3. The molecule has 0 radical (unpaired) electrons. The van der Waals surface area contributed by atoms with Crippen LogP contribution in [0.25, 0.3) is 0 Å². The first-order valence-electron chi connectivity index (χ1n) is 4.88. The molecular formula is C11H14N4. The van der Waals surface area contributed by atoms with Crippen LogP contribution in [-0.4, -0.2) is 14.8 Å². The van der Waals surface area contributed by atoms with Crippen LogP contribution < -0.4 is 5.32 Å². The third kappa shape index (κ3) is 2.56. The highest BCUT2D eigenvalue weighted by atomic mass is 15.2. The van der Waals surface area contributed by atoms with Crippen molar-refractivity contribution in [3.05, 3.63) is 42.0 Å². The fourth-order valence-corrected chi connectivity index (χ4v) is 1.42. The van der Waals surface area contributed by atoms with E-state index in [1.807, 2.05) is 38.5 Å². The SMILES string of the molecule is Cc1cc(NCc2cnn(C)c2)ccn1. The van der Waals surface area contributed by atoms with Crippen LogP contribution in [0.2, 0.25) is 0 Å². The van der Waals surface area contributed by atoms with Gasteiger partial charge in [0.1, 0.15) is 0 Å². The van der Waals surface area contributed by atoms with Gasteiger partial charge >= 0.3 is 0 Å². The number of rotatable bonds is 3. The second kappa shape index (κ2) is 4.13. The fraction of sp³-hybridized carbons (Fsp3) is 0.273. The number of hydrogen-bond acceptors (Lipinski definition) is 3. The standard InChI is InChI=1S/C11H14N4/c1-9-5-11(3-4-12-9)13-6-10-7-14-15(2)8-10/h3-5,7-8H,6H2,1-2H3,(H,12,13). The van der Waals surface area contributed by atoms with Gasteiger partial charge in [-0.05, 0) is 19.1 Å². The molecule has 0 unspecified atom stereocenters. The van der Waals surface area contributed by atoms with E-state index in [0.29, 0.717) is 0 Å². The Labute approximate surface area is 89.0 Å². The van der Waals surface area contributed by atoms with Gasteiger partial charge in [-0.2, -0.15) is 5.10 Å². The van der Waals surface area contributed by atoms with Crippen LogP contribution in [0.3, 0.4) is 0 Å². The van der Waals surface area contributed by atoms with Gasteiger partial charge in [0.15, 0.2) is 0 Å². The second-order valence-electron chi connectivity index (χ2n) is 3.56. The van der Waals surface area contributed by atoms with E-state index in [1.54, 1.807) is 10.9 Å². The number of aryl methyl sites for hydroxylation is 2. The average Bonchev–Trinajstić information content (AvgIpc) is 2.62. The van der Waals surface area contributed by atoms with E-state index in [-0.39, 0.29) is 0 Å². The molecule has 4 nitrogen and oxygen atoms in total. The molecule has 0 atom stereocenters. The van der Waals surface area contributed by atoms with Crippen molar-refractivity contribution >= 4 is 5.69 Å². The van der Waals surface area contributed by atoms with Crippen LogP contribution in [0.4, 0.5) is 5.69 Å². The Morgan fingerprint density at radius 2 is 2.33 bits per heavy atom. The van der Waals surface area contributed by atoms with E-state index in [0.717, 1.165) is 17.9 Å². The lowest BCUT2D eigenvalue weighted by Gasteiger charge is -2.04. The first-order valence-corrected chi connectivity index (χ1v) is 4.88. The van der Waals surface area contributed by atoms with Gasteiger partial charge in [0, 0.05) is 42.9 Å². The number of nitrogens with zero attached hydrogens (tertiary/aromatic N) is 3. The Morgan fingerprint density at radius 1 is 1.47 bits per heavy atom. The van der Waals surface area contributed by atoms with Gasteiger partial charge in [0.2, 0.25) is 0 Å². The summed E-state index contributed by atoms with van der Waals surface area (Å²) >= 11 is 0. The third-order valence-corrected chi connectivity index (χ3v) is 2.15. The maximum absolute atomic E-state index is 4.14. The predicted molar refractivity (Wildman–Crippen MR) is 59.5 cm³/mol. The van der Waals surface area contributed by atoms with Gasteiger partial charge in [-0.1, -0.05) is 0 Å². The highest BCUT2D eigenvalue weighted by molar-refractivity contribution is 5.43. The first-order chi connectivity index (χ1) is 7.24. The molecule has 2 heterocycles. The average molecular weight is 202 g/mol. The van der Waals surface area contributed by atoms with Crippen molar-refractivity contribution in [1.29, 1.82) is 0 Å². The lowest BCUT2D eigenvalue weighted by Crippen LogP contribution is -1.98. The van der Waals surface area contributed by atoms with E-state index in [2.05, 4.69) is 15.4 Å². The summed E-state index contributed by atoms with van der Waals surface area (Å²) in [7, 11) is 1.92. The molecule has 15 heavy (non-hydrogen) atoms. The number of hydrogen-bond donors (Lipinski definition) is 1. The van der Waals surface area contributed by atoms with E-state index in [4.69, 9.17) is 0 Å². The normalized spacial score (nSPS) is 10.3. The molecule has 1 N–H and O–H groups in total. The van der Waals surface area contributed by atoms with Crippen LogP contribution >= 0.6 is 0 Å². The quantitative estimate of drug-likeness (QED) is 0.824. The zero-order valence-electron chi connectivity index (χ0n) is 8.94. The molecular weight excluding hydrogens is 188 g/mol. The summed E-state index contributed by atoms with van der Waals surface area (Å²) in [5.74, 6) is 0. The number of anilines is 1. The molecule has 0 amide bonds. The highest BCUT2D eigenvalue weighted by Gasteiger charge is 1.96. The summed E-state index contributed by atoms with van der Waals surface area (Å²) in [6.45, 7) is 2.77. The summed E-state index contributed by atoms with van der Waals surface area (Å²) < 4.78 is 1.80. The molecule has 0 fully saturated rings. The number of nitrogens with one attached hydrogen (secondary N) is 1. The summed E-state index contributed by atoms with van der Waals surface area (Å²) in [5.41, 5.74) is 3.28. The Morgan fingerprint density at radius 3 is 3.00 bits per heavy atom. The molecule has 0 spiro atoms. The molecule has 0 saturated heterocycles. The third-order valence-electron chi connectivity index (χ3n) is 2.15. The van der Waals surface area contributed by atoms with Crippen LogP contribution in [0.15, 0.2) is 30.7 Å². The van der Waals surface area contributed by atoms with Crippen molar-refractivity contribution in [1.82, 2.24) is 14.8 Å². The Hall–Kier alpha value is -1.84. The summed E-state index contributed by atoms with van der Waals surface area (Å²) in [5, 5.41) is 7.43. The van der Waals surface area contributed by atoms with Gasteiger partial charge in [-0.25, -0.2) is 0 Å². The molecule has 2 aromatic rings. The molecule has 0 aliphatic rings. The highest BCUT2D eigenvalue weighted by Crippen LogP contribution is 2.08. The molecule has 0 saturated carbocycles. The van der Waals surface area contributed by atoms with Gasteiger partial charge in [-0.3, -0.25) is 9.67 Å². The van der Waals surface area contributed by atoms with Gasteiger partial charge < -0.3 is 5.32 Å². The molecule has 2 rings (SSSR count). The largest absolute Gasteiger partial charge is 0.381 e. The van der Waals surface area contributed by atoms with Crippen molar-refractivity contribution in [3.8, 4) is 0 Å². The summed E-state index contributed by atoms with van der Waals surface area (Å²) in [6, 6.07) is 3.99. The Bertz CT molecular complexity index is 447. The zero-order valence-corrected chi connectivity index (χ0v) is 8.94. The van der Waals surface area contributed by atoms with E-state index >= 15 is 0 Å². The maximum atomic E-state index is 4.14. The molecule has 0 aliphatic heterocycles. The van der Waals surface area contributed by atoms with E-state index in [1.165, 1.54) is 5.56 Å². The molecule has 0 bridgehead atoms. The van der Waals surface area contributed by atoms with Gasteiger partial charge in [0.05, 0.1) is 6.20 Å². The van der Waals surface area contributed by atoms with Crippen molar-refractivity contribution in [2.24, 2.45) is 7.05 Å². The molecule has 0 aromatic carbocycles. The summed E-state index contributed by atoms with van der Waals surface area (Å²) in [6.07, 6.45) is 5.67. The molecule has 2 aromatic heterocycles. The predicted octanol–water partition coefficient (Wildman–Crippen LogP) is 1.74. The molecule has 0 aliphatic carbocycles. The first kappa shape index (κ1) is 9.71. The lowest BCUT2D eigenvalue weighted by molar-refractivity contribution is 0.767. The minimum Gasteiger partial charge on any atom is -0.381 e. The minimum atomic E-state index is 0.789. The van der Waals surface area contributed by atoms with Crippen LogP contribution in [0, 0.1) is 6.92 Å². The molecule has 4 heteroatoms. The fourth-order valence-electron chi connectivity index (χ4n) is 1.42. The van der Waals surface area contributed by atoms with Crippen LogP contribution in [0.5, 0.6) is 0 Å². The number of aromatic nitrogens is 3. The van der Waals surface area contributed by atoms with E-state index < -0.39 is 0 Å². The monoisotopic (exact) mass is 202 g/mol. The van der Waals surface area contributed by atoms with Crippen LogP contribution in [-0.2, 0) is 13.6 Å². The Balaban J connectivity index is 1.99. The van der Waals surface area contributed by atoms with Crippen molar-refractivity contribution < 1.29 is 0 Å². The van der Waals surface area contributed by atoms with Crippen molar-refractivity contribution in [2.45, 2.75) is 13.5 Å². The smallest absolute Gasteiger partial charge is 0.0539 e. The van der Waals surface area contributed by atoms with Crippen LogP contribution in [0.1, 0.15) is 11.3 Å². The number of pyridine rings is 1. The summed E-state index contributed by atoms with van der Waals surface area (Å²) in [4.78, 5) is 4.14. The van der Waals surface area contributed by atoms with E-state index in [9.17, 15) is 0 Å². The minimum absolute atomic E-state index is 0.789. The maximum Gasteiger partial charge on any atom is 0.0539 e. The van der Waals surface area contributed by atoms with Crippen molar-refractivity contribution in [2.75, 3.05) is 5.32 Å². The zero-order chi connectivity index (χ0) is 10.7. The van der Waals surface area contributed by atoms with Gasteiger partial charge in [-0.15, -0.1) is 0 Å². The van der Waals surface area contributed by atoms with Gasteiger partial charge in [0.25, 0.3) is 0 Å². The second-order valence-corrected chi connectivity index (χ2v) is 3.56. The van der Waals surface area contributed by atoms with Crippen molar-refractivity contribution in [3.63, 3.8) is 0 Å². The molecule has 78 valence electrons. The topological polar surface area (TPSA) is 42.7 Å². The Kier molecular flexibility index (Phi) is 2.67.